The summed E-state index contributed by atoms with van der Waals surface area (Å²) in [4.78, 5) is 0. The van der Waals surface area contributed by atoms with Gasteiger partial charge in [-0.1, -0.05) is 19.8 Å². The average Bonchev–Trinajstić information content (AvgIpc) is 1.82. The molecule has 2 unspecified atom stereocenters. The van der Waals surface area contributed by atoms with Crippen LogP contribution in [0.5, 0.6) is 0 Å². The first kappa shape index (κ1) is 10.2. The van der Waals surface area contributed by atoms with E-state index in [1.807, 2.05) is 6.92 Å². The lowest BCUT2D eigenvalue weighted by molar-refractivity contribution is 0.0719. The molecule has 0 spiro atoms. The van der Waals surface area contributed by atoms with Crippen molar-refractivity contribution in [3.8, 4) is 0 Å². The van der Waals surface area contributed by atoms with Gasteiger partial charge in [0.1, 0.15) is 0 Å². The van der Waals surface area contributed by atoms with Crippen LogP contribution >= 0.6 is 11.6 Å². The lowest BCUT2D eigenvalue weighted by atomic mass is 10.1. The van der Waals surface area contributed by atoms with Gasteiger partial charge >= 0.3 is 0 Å². The van der Waals surface area contributed by atoms with E-state index < -0.39 is 6.10 Å². The maximum atomic E-state index is 11.0. The van der Waals surface area contributed by atoms with Crippen LogP contribution in [0.15, 0.2) is 0 Å². The van der Waals surface area contributed by atoms with E-state index >= 15 is 0 Å². The van der Waals surface area contributed by atoms with Crippen molar-refractivity contribution >= 4 is 11.6 Å². The summed E-state index contributed by atoms with van der Waals surface area (Å²) in [6.07, 6.45) is 3.11. The highest BCUT2D eigenvalue weighted by molar-refractivity contribution is 6.20. The van der Waals surface area contributed by atoms with Crippen LogP contribution in [-0.2, 0) is 5.11 Å². The second-order valence-corrected chi connectivity index (χ2v) is 3.53. The molecule has 0 aromatic carbocycles. The van der Waals surface area contributed by atoms with Gasteiger partial charge in [0.2, 0.25) is 0 Å². The van der Waals surface area contributed by atoms with E-state index in [1.165, 1.54) is 0 Å². The number of hydrogen-bond acceptors (Lipinski definition) is 0. The van der Waals surface area contributed by atoms with Gasteiger partial charge in [0.05, 0.1) is 6.10 Å². The van der Waals surface area contributed by atoms with Crippen molar-refractivity contribution in [2.75, 3.05) is 0 Å². The van der Waals surface area contributed by atoms with Gasteiger partial charge in [-0.05, 0) is 19.8 Å². The normalized spacial score (nSPS) is 16.8. The Labute approximate surface area is 68.4 Å². The smallest absolute Gasteiger partial charge is 0.0944 e. The third-order valence-electron chi connectivity index (χ3n) is 1.47. The SMILES string of the molecule is CCCCC([O])CC(C)Cl. The van der Waals surface area contributed by atoms with Gasteiger partial charge in [-0.25, -0.2) is 5.11 Å². The molecule has 0 saturated heterocycles. The summed E-state index contributed by atoms with van der Waals surface area (Å²) in [5, 5.41) is 11.1. The first-order chi connectivity index (χ1) is 4.66. The Morgan fingerprint density at radius 3 is 2.50 bits per heavy atom. The molecule has 0 aliphatic rings. The number of unbranched alkanes of at least 4 members (excludes halogenated alkanes) is 1. The Bertz CT molecular complexity index is 73.7. The topological polar surface area (TPSA) is 19.9 Å². The summed E-state index contributed by atoms with van der Waals surface area (Å²) in [5.41, 5.74) is 0. The molecule has 0 aliphatic carbocycles. The molecule has 10 heavy (non-hydrogen) atoms. The Morgan fingerprint density at radius 2 is 2.10 bits per heavy atom. The summed E-state index contributed by atoms with van der Waals surface area (Å²) in [7, 11) is 0. The van der Waals surface area contributed by atoms with Gasteiger partial charge in [0.15, 0.2) is 0 Å². The fourth-order valence-corrected chi connectivity index (χ4v) is 1.11. The molecule has 0 heterocycles. The molecule has 0 aliphatic heterocycles. The Kier molecular flexibility index (Phi) is 6.14. The minimum Gasteiger partial charge on any atom is -0.233 e. The number of halogens is 1. The van der Waals surface area contributed by atoms with E-state index in [-0.39, 0.29) is 5.38 Å². The highest BCUT2D eigenvalue weighted by Crippen LogP contribution is 2.10. The van der Waals surface area contributed by atoms with Crippen molar-refractivity contribution in [2.45, 2.75) is 51.0 Å². The van der Waals surface area contributed by atoms with E-state index in [0.717, 1.165) is 19.3 Å². The largest absolute Gasteiger partial charge is 0.233 e. The van der Waals surface area contributed by atoms with E-state index in [0.29, 0.717) is 6.42 Å². The lowest BCUT2D eigenvalue weighted by Gasteiger charge is -2.07. The fourth-order valence-electron chi connectivity index (χ4n) is 0.912. The second kappa shape index (κ2) is 5.99. The summed E-state index contributed by atoms with van der Waals surface area (Å²) in [5.74, 6) is 0. The number of rotatable bonds is 5. The van der Waals surface area contributed by atoms with Gasteiger partial charge in [-0.2, -0.15) is 0 Å². The van der Waals surface area contributed by atoms with Crippen molar-refractivity contribution in [3.63, 3.8) is 0 Å². The lowest BCUT2D eigenvalue weighted by Crippen LogP contribution is -2.09. The van der Waals surface area contributed by atoms with E-state index in [9.17, 15) is 5.11 Å². The maximum Gasteiger partial charge on any atom is 0.0944 e. The monoisotopic (exact) mass is 163 g/mol. The molecule has 0 aromatic rings. The molecule has 2 atom stereocenters. The Morgan fingerprint density at radius 1 is 1.50 bits per heavy atom. The quantitative estimate of drug-likeness (QED) is 0.556. The third kappa shape index (κ3) is 6.37. The van der Waals surface area contributed by atoms with E-state index in [4.69, 9.17) is 11.6 Å². The molecule has 2 heteroatoms. The first-order valence-corrected chi connectivity index (χ1v) is 4.40. The molecular weight excluding hydrogens is 148 g/mol. The van der Waals surface area contributed by atoms with Crippen molar-refractivity contribution in [1.82, 2.24) is 0 Å². The molecule has 0 bridgehead atoms. The van der Waals surface area contributed by atoms with Crippen LogP contribution in [0.4, 0.5) is 0 Å². The van der Waals surface area contributed by atoms with Gasteiger partial charge < -0.3 is 0 Å². The van der Waals surface area contributed by atoms with Crippen molar-refractivity contribution in [3.05, 3.63) is 0 Å². The van der Waals surface area contributed by atoms with E-state index in [2.05, 4.69) is 6.92 Å². The minimum atomic E-state index is -0.438. The van der Waals surface area contributed by atoms with Gasteiger partial charge in [0.25, 0.3) is 0 Å². The van der Waals surface area contributed by atoms with Crippen LogP contribution in [0.2, 0.25) is 0 Å². The van der Waals surface area contributed by atoms with Crippen LogP contribution in [0, 0.1) is 0 Å². The van der Waals surface area contributed by atoms with Crippen molar-refractivity contribution < 1.29 is 5.11 Å². The third-order valence-corrected chi connectivity index (χ3v) is 1.65. The summed E-state index contributed by atoms with van der Waals surface area (Å²) in [6.45, 7) is 3.97. The standard InChI is InChI=1S/C8H16ClO/c1-3-4-5-8(10)6-7(2)9/h7-8H,3-6H2,1-2H3. The molecule has 1 radical (unpaired) electrons. The van der Waals surface area contributed by atoms with Crippen molar-refractivity contribution in [1.29, 1.82) is 0 Å². The molecular formula is C8H16ClO. The van der Waals surface area contributed by atoms with Gasteiger partial charge in [-0.15, -0.1) is 11.6 Å². The second-order valence-electron chi connectivity index (χ2n) is 2.78. The van der Waals surface area contributed by atoms with Gasteiger partial charge in [0, 0.05) is 5.38 Å². The van der Waals surface area contributed by atoms with Crippen molar-refractivity contribution in [2.24, 2.45) is 0 Å². The molecule has 0 N–H and O–H groups in total. The zero-order chi connectivity index (χ0) is 7.98. The van der Waals surface area contributed by atoms with Crippen LogP contribution < -0.4 is 0 Å². The fraction of sp³-hybridized carbons (Fsp3) is 1.00. The molecule has 61 valence electrons. The van der Waals surface area contributed by atoms with E-state index in [1.54, 1.807) is 0 Å². The Balaban J connectivity index is 3.16. The molecule has 0 fully saturated rings. The summed E-state index contributed by atoms with van der Waals surface area (Å²) in [6, 6.07) is 0. The van der Waals surface area contributed by atoms with Crippen LogP contribution in [0.1, 0.15) is 39.5 Å². The predicted octanol–water partition coefficient (Wildman–Crippen LogP) is 2.99. The summed E-state index contributed by atoms with van der Waals surface area (Å²) >= 11 is 5.65. The van der Waals surface area contributed by atoms with Crippen LogP contribution in [0.25, 0.3) is 0 Å². The summed E-state index contributed by atoms with van der Waals surface area (Å²) < 4.78 is 0. The average molecular weight is 164 g/mol. The highest BCUT2D eigenvalue weighted by Gasteiger charge is 2.08. The minimum absolute atomic E-state index is 0.0411. The molecule has 0 aromatic heterocycles. The zero-order valence-corrected chi connectivity index (χ0v) is 7.53. The molecule has 1 nitrogen and oxygen atoms in total. The molecule has 0 saturated carbocycles. The number of alkyl halides is 1. The zero-order valence-electron chi connectivity index (χ0n) is 6.77. The Hall–Kier alpha value is 0.250. The van der Waals surface area contributed by atoms with Gasteiger partial charge in [-0.3, -0.25) is 0 Å². The first-order valence-electron chi connectivity index (χ1n) is 3.96. The highest BCUT2D eigenvalue weighted by atomic mass is 35.5. The van der Waals surface area contributed by atoms with Crippen LogP contribution in [0.3, 0.4) is 0 Å². The maximum absolute atomic E-state index is 11.0. The van der Waals surface area contributed by atoms with Crippen LogP contribution in [-0.4, -0.2) is 11.5 Å². The predicted molar refractivity (Wildman–Crippen MR) is 43.9 cm³/mol. The molecule has 0 rings (SSSR count). The number of hydrogen-bond donors (Lipinski definition) is 0. The molecule has 0 amide bonds.